The number of aromatic nitrogens is 3. The fourth-order valence-corrected chi connectivity index (χ4v) is 2.77. The van der Waals surface area contributed by atoms with Gasteiger partial charge in [-0.2, -0.15) is 11.8 Å². The van der Waals surface area contributed by atoms with Crippen LogP contribution in [0.2, 0.25) is 0 Å². The Kier molecular flexibility index (Phi) is 7.35. The van der Waals surface area contributed by atoms with Gasteiger partial charge in [0.25, 0.3) is 0 Å². The molecule has 1 N–H and O–H groups in total. The first-order chi connectivity index (χ1) is 8.72. The van der Waals surface area contributed by atoms with Crippen molar-refractivity contribution in [3.05, 3.63) is 11.9 Å². The van der Waals surface area contributed by atoms with Crippen molar-refractivity contribution in [2.45, 2.75) is 58.4 Å². The molecule has 18 heavy (non-hydrogen) atoms. The first kappa shape index (κ1) is 15.5. The summed E-state index contributed by atoms with van der Waals surface area (Å²) in [4.78, 5) is 0. The summed E-state index contributed by atoms with van der Waals surface area (Å²) in [7, 11) is 0. The Morgan fingerprint density at radius 1 is 1.39 bits per heavy atom. The predicted molar refractivity (Wildman–Crippen MR) is 78.9 cm³/mol. The molecule has 1 rings (SSSR count). The number of hydrogen-bond acceptors (Lipinski definition) is 4. The van der Waals surface area contributed by atoms with Crippen LogP contribution in [0.4, 0.5) is 0 Å². The summed E-state index contributed by atoms with van der Waals surface area (Å²) in [5.74, 6) is 1.09. The van der Waals surface area contributed by atoms with E-state index in [0.29, 0.717) is 11.3 Å². The second-order valence-corrected chi connectivity index (χ2v) is 6.00. The van der Waals surface area contributed by atoms with Crippen molar-refractivity contribution in [3.8, 4) is 0 Å². The Hall–Kier alpha value is -0.550. The molecule has 0 amide bonds. The number of thioether (sulfide) groups is 1. The number of aryl methyl sites for hydroxylation is 1. The Morgan fingerprint density at radius 3 is 2.78 bits per heavy atom. The van der Waals surface area contributed by atoms with Gasteiger partial charge < -0.3 is 5.32 Å². The molecule has 0 aromatic carbocycles. The molecule has 0 saturated heterocycles. The molecular formula is C13H26N4S. The van der Waals surface area contributed by atoms with E-state index >= 15 is 0 Å². The average molecular weight is 270 g/mol. The predicted octanol–water partition coefficient (Wildman–Crippen LogP) is 2.87. The molecule has 1 aromatic rings. The molecule has 104 valence electrons. The second kappa shape index (κ2) is 8.53. The zero-order valence-electron chi connectivity index (χ0n) is 12.0. The summed E-state index contributed by atoms with van der Waals surface area (Å²) in [5.41, 5.74) is 1.21. The van der Waals surface area contributed by atoms with Gasteiger partial charge in [0.2, 0.25) is 0 Å². The normalized spacial score (nSPS) is 14.7. The van der Waals surface area contributed by atoms with Crippen molar-refractivity contribution in [2.24, 2.45) is 0 Å². The fraction of sp³-hybridized carbons (Fsp3) is 0.846. The molecule has 4 nitrogen and oxygen atoms in total. The van der Waals surface area contributed by atoms with Crippen molar-refractivity contribution in [3.63, 3.8) is 0 Å². The SMILES string of the molecule is CCCNC(CSC(C)CC)c1cnnn1CC. The van der Waals surface area contributed by atoms with Gasteiger partial charge in [0.1, 0.15) is 0 Å². The lowest BCUT2D eigenvalue weighted by molar-refractivity contribution is 0.509. The van der Waals surface area contributed by atoms with Crippen molar-refractivity contribution in [2.75, 3.05) is 12.3 Å². The van der Waals surface area contributed by atoms with E-state index in [4.69, 9.17) is 0 Å². The molecule has 5 heteroatoms. The van der Waals surface area contributed by atoms with E-state index in [2.05, 4.69) is 43.3 Å². The van der Waals surface area contributed by atoms with Gasteiger partial charge >= 0.3 is 0 Å². The Labute approximate surface area is 115 Å². The number of nitrogens with zero attached hydrogens (tertiary/aromatic N) is 3. The highest BCUT2D eigenvalue weighted by atomic mass is 32.2. The first-order valence-electron chi connectivity index (χ1n) is 6.96. The molecule has 0 saturated carbocycles. The number of hydrogen-bond donors (Lipinski definition) is 1. The second-order valence-electron chi connectivity index (χ2n) is 4.53. The molecule has 0 aliphatic rings. The third-order valence-corrected chi connectivity index (χ3v) is 4.50. The monoisotopic (exact) mass is 270 g/mol. The van der Waals surface area contributed by atoms with E-state index in [0.717, 1.165) is 25.3 Å². The Balaban J connectivity index is 2.65. The zero-order valence-corrected chi connectivity index (χ0v) is 12.8. The van der Waals surface area contributed by atoms with E-state index in [1.165, 1.54) is 12.1 Å². The van der Waals surface area contributed by atoms with Gasteiger partial charge in [-0.3, -0.25) is 0 Å². The van der Waals surface area contributed by atoms with E-state index < -0.39 is 0 Å². The van der Waals surface area contributed by atoms with Gasteiger partial charge in [-0.1, -0.05) is 26.0 Å². The van der Waals surface area contributed by atoms with Crippen LogP contribution in [0.5, 0.6) is 0 Å². The molecule has 0 aliphatic heterocycles. The van der Waals surface area contributed by atoms with Gasteiger partial charge in [-0.15, -0.1) is 5.10 Å². The Bertz CT molecular complexity index is 327. The molecule has 0 bridgehead atoms. The summed E-state index contributed by atoms with van der Waals surface area (Å²) < 4.78 is 1.99. The lowest BCUT2D eigenvalue weighted by Crippen LogP contribution is -2.27. The number of nitrogens with one attached hydrogen (secondary N) is 1. The van der Waals surface area contributed by atoms with Gasteiger partial charge in [-0.05, 0) is 26.3 Å². The van der Waals surface area contributed by atoms with Gasteiger partial charge in [-0.25, -0.2) is 4.68 Å². The highest BCUT2D eigenvalue weighted by molar-refractivity contribution is 7.99. The van der Waals surface area contributed by atoms with Crippen molar-refractivity contribution in [1.82, 2.24) is 20.3 Å². The van der Waals surface area contributed by atoms with Gasteiger partial charge in [0.05, 0.1) is 17.9 Å². The molecule has 1 heterocycles. The van der Waals surface area contributed by atoms with Crippen LogP contribution in [0.1, 0.15) is 52.3 Å². The largest absolute Gasteiger partial charge is 0.308 e. The molecule has 0 fully saturated rings. The molecule has 0 aliphatic carbocycles. The topological polar surface area (TPSA) is 42.7 Å². The van der Waals surface area contributed by atoms with Gasteiger partial charge in [0, 0.05) is 17.5 Å². The third kappa shape index (κ3) is 4.61. The van der Waals surface area contributed by atoms with Crippen LogP contribution in [0.15, 0.2) is 6.20 Å². The fourth-order valence-electron chi connectivity index (χ4n) is 1.73. The van der Waals surface area contributed by atoms with Crippen LogP contribution in [-0.2, 0) is 6.54 Å². The zero-order chi connectivity index (χ0) is 13.4. The standard InChI is InChI=1S/C13H26N4S/c1-5-8-14-12(10-18-11(4)6-2)13-9-15-16-17(13)7-3/h9,11-12,14H,5-8,10H2,1-4H3. The maximum absolute atomic E-state index is 4.13. The summed E-state index contributed by atoms with van der Waals surface area (Å²) in [5, 5.41) is 12.5. The maximum atomic E-state index is 4.13. The van der Waals surface area contributed by atoms with Gasteiger partial charge in [0.15, 0.2) is 0 Å². The van der Waals surface area contributed by atoms with Crippen LogP contribution in [0.3, 0.4) is 0 Å². The summed E-state index contributed by atoms with van der Waals surface area (Å²) >= 11 is 2.02. The Morgan fingerprint density at radius 2 is 2.17 bits per heavy atom. The summed E-state index contributed by atoms with van der Waals surface area (Å²) in [6, 6.07) is 0.360. The lowest BCUT2D eigenvalue weighted by Gasteiger charge is -2.20. The summed E-state index contributed by atoms with van der Waals surface area (Å²) in [6.45, 7) is 10.8. The first-order valence-corrected chi connectivity index (χ1v) is 8.01. The molecule has 2 unspecified atom stereocenters. The van der Waals surface area contributed by atoms with Crippen LogP contribution in [0.25, 0.3) is 0 Å². The minimum atomic E-state index is 0.360. The summed E-state index contributed by atoms with van der Waals surface area (Å²) in [6.07, 6.45) is 4.27. The molecular weight excluding hydrogens is 244 g/mol. The third-order valence-electron chi connectivity index (χ3n) is 3.07. The van der Waals surface area contributed by atoms with E-state index in [1.807, 2.05) is 22.6 Å². The van der Waals surface area contributed by atoms with Crippen LogP contribution < -0.4 is 5.32 Å². The molecule has 0 spiro atoms. The van der Waals surface area contributed by atoms with E-state index in [1.54, 1.807) is 0 Å². The van der Waals surface area contributed by atoms with Crippen molar-refractivity contribution in [1.29, 1.82) is 0 Å². The highest BCUT2D eigenvalue weighted by Crippen LogP contribution is 2.22. The maximum Gasteiger partial charge on any atom is 0.0764 e. The minimum absolute atomic E-state index is 0.360. The van der Waals surface area contributed by atoms with Crippen molar-refractivity contribution >= 4 is 11.8 Å². The van der Waals surface area contributed by atoms with Crippen LogP contribution >= 0.6 is 11.8 Å². The number of rotatable bonds is 9. The molecule has 2 atom stereocenters. The van der Waals surface area contributed by atoms with Crippen molar-refractivity contribution < 1.29 is 0 Å². The highest BCUT2D eigenvalue weighted by Gasteiger charge is 2.17. The molecule has 0 radical (unpaired) electrons. The minimum Gasteiger partial charge on any atom is -0.308 e. The van der Waals surface area contributed by atoms with Crippen LogP contribution in [-0.4, -0.2) is 32.5 Å². The average Bonchev–Trinajstić information content (AvgIpc) is 2.86. The van der Waals surface area contributed by atoms with Crippen LogP contribution in [0, 0.1) is 0 Å². The lowest BCUT2D eigenvalue weighted by atomic mass is 10.2. The smallest absolute Gasteiger partial charge is 0.0764 e. The quantitative estimate of drug-likeness (QED) is 0.749. The molecule has 1 aromatic heterocycles. The van der Waals surface area contributed by atoms with E-state index in [-0.39, 0.29) is 0 Å². The van der Waals surface area contributed by atoms with E-state index in [9.17, 15) is 0 Å².